The molecule has 1 nitrogen and oxygen atoms in total. The maximum absolute atomic E-state index is 9.62. The first-order valence-corrected chi connectivity index (χ1v) is 10.2. The average molecular weight is 633 g/mol. The summed E-state index contributed by atoms with van der Waals surface area (Å²) < 4.78 is -19.9. The molecular formula is C7HCl15O. The van der Waals surface area contributed by atoms with E-state index in [2.05, 4.69) is 0 Å². The zero-order chi connectivity index (χ0) is 19.5. The van der Waals surface area contributed by atoms with Crippen molar-refractivity contribution >= 4 is 174 Å². The minimum atomic E-state index is -3.00. The van der Waals surface area contributed by atoms with Crippen LogP contribution in [0.4, 0.5) is 0 Å². The Morgan fingerprint density at radius 3 is 0.783 bits per heavy atom. The van der Waals surface area contributed by atoms with Crippen molar-refractivity contribution in [2.45, 2.75) is 30.0 Å². The van der Waals surface area contributed by atoms with Gasteiger partial charge in [-0.3, -0.25) is 0 Å². The van der Waals surface area contributed by atoms with E-state index in [1.807, 2.05) is 0 Å². The molecule has 0 heterocycles. The van der Waals surface area contributed by atoms with Gasteiger partial charge in [0.1, 0.15) is 0 Å². The lowest BCUT2D eigenvalue weighted by Crippen LogP contribution is -2.68. The van der Waals surface area contributed by atoms with Crippen LogP contribution in [0.1, 0.15) is 0 Å². The van der Waals surface area contributed by atoms with Gasteiger partial charge in [-0.05, 0) is 0 Å². The Labute approximate surface area is 206 Å². The Bertz CT molecular complexity index is 400. The van der Waals surface area contributed by atoms with Gasteiger partial charge in [0.25, 0.3) is 4.52 Å². The highest BCUT2D eigenvalue weighted by molar-refractivity contribution is 6.82. The molecule has 0 aromatic heterocycles. The molecule has 0 saturated heterocycles. The van der Waals surface area contributed by atoms with E-state index < -0.39 is 30.0 Å². The summed E-state index contributed by atoms with van der Waals surface area (Å²) in [5.74, 6) is 0. The summed E-state index contributed by atoms with van der Waals surface area (Å²) in [6, 6.07) is 0. The standard InChI is InChI=1S/C7HCl15O/c8-1(9,2(10,11)4(14,15)6(18,19)20)3(12,13)5(16,17)7(21,22)23/h23H. The molecule has 0 rings (SSSR count). The second kappa shape index (κ2) is 7.86. The van der Waals surface area contributed by atoms with Gasteiger partial charge in [-0.1, -0.05) is 174 Å². The molecule has 0 saturated carbocycles. The van der Waals surface area contributed by atoms with Gasteiger partial charge in [0, 0.05) is 0 Å². The van der Waals surface area contributed by atoms with Crippen LogP contribution >= 0.6 is 174 Å². The van der Waals surface area contributed by atoms with Crippen LogP contribution in [0.5, 0.6) is 0 Å². The van der Waals surface area contributed by atoms with E-state index in [-0.39, 0.29) is 0 Å². The molecule has 23 heavy (non-hydrogen) atoms. The van der Waals surface area contributed by atoms with E-state index in [9.17, 15) is 5.11 Å². The second-order valence-electron chi connectivity index (χ2n) is 3.91. The highest BCUT2D eigenvalue weighted by atomic mass is 35.6. The first-order chi connectivity index (χ1) is 9.50. The highest BCUT2D eigenvalue weighted by Crippen LogP contribution is 2.70. The van der Waals surface area contributed by atoms with Gasteiger partial charge in [-0.25, -0.2) is 0 Å². The van der Waals surface area contributed by atoms with Crippen molar-refractivity contribution in [3.05, 3.63) is 0 Å². The third kappa shape index (κ3) is 4.57. The number of aliphatic hydroxyl groups is 1. The topological polar surface area (TPSA) is 20.2 Å². The van der Waals surface area contributed by atoms with Crippen LogP contribution in [0.3, 0.4) is 0 Å². The van der Waals surface area contributed by atoms with Crippen molar-refractivity contribution in [1.82, 2.24) is 0 Å². The first kappa shape index (κ1) is 27.3. The predicted molar refractivity (Wildman–Crippen MR) is 109 cm³/mol. The summed E-state index contributed by atoms with van der Waals surface area (Å²) in [5, 5.41) is 9.62. The first-order valence-electron chi connectivity index (χ1n) is 4.56. The van der Waals surface area contributed by atoms with Crippen LogP contribution in [0.2, 0.25) is 0 Å². The van der Waals surface area contributed by atoms with Crippen molar-refractivity contribution in [2.24, 2.45) is 0 Å². The van der Waals surface area contributed by atoms with Gasteiger partial charge >= 0.3 is 0 Å². The Morgan fingerprint density at radius 2 is 0.565 bits per heavy atom. The molecule has 0 fully saturated rings. The van der Waals surface area contributed by atoms with Gasteiger partial charge in [-0.2, -0.15) is 0 Å². The second-order valence-corrected chi connectivity index (χ2v) is 14.1. The third-order valence-electron chi connectivity index (χ3n) is 2.31. The maximum atomic E-state index is 9.62. The summed E-state index contributed by atoms with van der Waals surface area (Å²) in [6.07, 6.45) is 0. The van der Waals surface area contributed by atoms with Crippen molar-refractivity contribution in [2.75, 3.05) is 0 Å². The van der Waals surface area contributed by atoms with Gasteiger partial charge in [0.15, 0.2) is 13.0 Å². The lowest BCUT2D eigenvalue weighted by molar-refractivity contribution is 0.182. The van der Waals surface area contributed by atoms with Gasteiger partial charge in [0.05, 0.1) is 0 Å². The molecule has 0 aromatic rings. The fourth-order valence-electron chi connectivity index (χ4n) is 0.958. The quantitative estimate of drug-likeness (QED) is 0.302. The summed E-state index contributed by atoms with van der Waals surface area (Å²) in [6.45, 7) is 0. The highest BCUT2D eigenvalue weighted by Gasteiger charge is 2.79. The molecule has 140 valence electrons. The predicted octanol–water partition coefficient (Wildman–Crippen LogP) is 8.35. The van der Waals surface area contributed by atoms with Crippen LogP contribution in [0, 0.1) is 0 Å². The normalized spacial score (nSPS) is 16.7. The molecule has 0 aliphatic rings. The third-order valence-corrected chi connectivity index (χ3v) is 11.9. The van der Waals surface area contributed by atoms with E-state index >= 15 is 0 Å². The maximum Gasteiger partial charge on any atom is 0.251 e. The number of hydrogen-bond acceptors (Lipinski definition) is 1. The minimum absolute atomic E-state index is 2.56. The molecule has 0 aliphatic carbocycles. The molecule has 0 spiro atoms. The van der Waals surface area contributed by atoms with Crippen molar-refractivity contribution < 1.29 is 5.11 Å². The van der Waals surface area contributed by atoms with Gasteiger partial charge in [-0.15, -0.1) is 0 Å². The molecule has 0 atom stereocenters. The Hall–Kier alpha value is 4.31. The Kier molecular flexibility index (Phi) is 9.33. The van der Waals surface area contributed by atoms with Crippen LogP contribution in [0.25, 0.3) is 0 Å². The molecule has 1 N–H and O–H groups in total. The fraction of sp³-hybridized carbons (Fsp3) is 1.00. The van der Waals surface area contributed by atoms with Crippen molar-refractivity contribution in [3.8, 4) is 0 Å². The molecule has 0 amide bonds. The van der Waals surface area contributed by atoms with Crippen LogP contribution in [0.15, 0.2) is 0 Å². The van der Waals surface area contributed by atoms with E-state index in [1.54, 1.807) is 0 Å². The summed E-state index contributed by atoms with van der Waals surface area (Å²) in [4.78, 5) is 0. The van der Waals surface area contributed by atoms with Crippen LogP contribution in [-0.4, -0.2) is 35.1 Å². The smallest absolute Gasteiger partial charge is 0.251 e. The molecule has 0 aliphatic heterocycles. The molecule has 0 bridgehead atoms. The lowest BCUT2D eigenvalue weighted by atomic mass is 10.1. The number of rotatable bonds is 5. The van der Waals surface area contributed by atoms with Crippen molar-refractivity contribution in [3.63, 3.8) is 0 Å². The Morgan fingerprint density at radius 1 is 0.348 bits per heavy atom. The summed E-state index contributed by atoms with van der Waals surface area (Å²) >= 11 is 86.7. The number of alkyl halides is 15. The molecule has 0 aromatic carbocycles. The average Bonchev–Trinajstić information content (AvgIpc) is 2.24. The number of halogens is 15. The molecule has 16 heteroatoms. The minimum Gasteiger partial charge on any atom is -0.360 e. The van der Waals surface area contributed by atoms with E-state index in [0.29, 0.717) is 0 Å². The number of hydrogen-bond donors (Lipinski definition) is 1. The zero-order valence-electron chi connectivity index (χ0n) is 9.62. The molecule has 0 radical (unpaired) electrons. The Balaban J connectivity index is 6.37. The largest absolute Gasteiger partial charge is 0.360 e. The summed E-state index contributed by atoms with van der Waals surface area (Å²) in [7, 11) is 0. The van der Waals surface area contributed by atoms with E-state index in [0.717, 1.165) is 0 Å². The molecule has 0 unspecified atom stereocenters. The SMILES string of the molecule is OC(Cl)(Cl)C(Cl)(Cl)C(Cl)(Cl)C(Cl)(Cl)C(Cl)(Cl)C(Cl)(Cl)C(Cl)(Cl)Cl. The fourth-order valence-corrected chi connectivity index (χ4v) is 4.99. The van der Waals surface area contributed by atoms with Gasteiger partial charge < -0.3 is 5.11 Å². The zero-order valence-corrected chi connectivity index (χ0v) is 21.0. The summed E-state index contributed by atoms with van der Waals surface area (Å²) in [5.41, 5.74) is 0. The lowest BCUT2D eigenvalue weighted by Gasteiger charge is -2.51. The van der Waals surface area contributed by atoms with E-state index in [1.165, 1.54) is 0 Å². The van der Waals surface area contributed by atoms with Crippen LogP contribution in [-0.2, 0) is 0 Å². The van der Waals surface area contributed by atoms with Gasteiger partial charge in [0.2, 0.25) is 12.5 Å². The van der Waals surface area contributed by atoms with E-state index in [4.69, 9.17) is 174 Å². The van der Waals surface area contributed by atoms with Crippen molar-refractivity contribution in [1.29, 1.82) is 0 Å². The monoisotopic (exact) mass is 626 g/mol. The molecular weight excluding hydrogens is 632 g/mol. The van der Waals surface area contributed by atoms with Crippen LogP contribution < -0.4 is 0 Å².